The molecule has 1 aliphatic rings. The van der Waals surface area contributed by atoms with Gasteiger partial charge in [0.1, 0.15) is 5.54 Å². The SMILES string of the molecule is CC(=O)N1CCC(C#N)(NCCc2cccs2)CC1. The lowest BCUT2D eigenvalue weighted by molar-refractivity contribution is -0.130. The van der Waals surface area contributed by atoms with Crippen molar-refractivity contribution in [3.05, 3.63) is 22.4 Å². The third-order valence-corrected chi connectivity index (χ3v) is 4.63. The van der Waals surface area contributed by atoms with E-state index in [0.29, 0.717) is 25.9 Å². The fourth-order valence-corrected chi connectivity index (χ4v) is 3.12. The average molecular weight is 277 g/mol. The molecular weight excluding hydrogens is 258 g/mol. The molecule has 0 aromatic carbocycles. The molecule has 102 valence electrons. The van der Waals surface area contributed by atoms with Crippen molar-refractivity contribution < 1.29 is 4.79 Å². The normalized spacial score (nSPS) is 18.0. The fourth-order valence-electron chi connectivity index (χ4n) is 2.41. The number of hydrogen-bond donors (Lipinski definition) is 1. The molecule has 5 heteroatoms. The molecule has 0 aliphatic carbocycles. The minimum atomic E-state index is -0.455. The predicted molar refractivity (Wildman–Crippen MR) is 75.9 cm³/mol. The molecule has 4 nitrogen and oxygen atoms in total. The largest absolute Gasteiger partial charge is 0.343 e. The second-order valence-corrected chi connectivity index (χ2v) is 5.99. The van der Waals surface area contributed by atoms with Gasteiger partial charge in [0.05, 0.1) is 6.07 Å². The summed E-state index contributed by atoms with van der Waals surface area (Å²) in [6.45, 7) is 3.75. The number of nitrogens with zero attached hydrogens (tertiary/aromatic N) is 2. The molecule has 1 aromatic heterocycles. The van der Waals surface area contributed by atoms with Crippen LogP contribution in [-0.4, -0.2) is 36.0 Å². The zero-order valence-corrected chi connectivity index (χ0v) is 12.0. The van der Waals surface area contributed by atoms with E-state index in [9.17, 15) is 10.1 Å². The number of hydrogen-bond acceptors (Lipinski definition) is 4. The lowest BCUT2D eigenvalue weighted by Crippen LogP contribution is -2.53. The minimum absolute atomic E-state index is 0.102. The fraction of sp³-hybridized carbons (Fsp3) is 0.571. The van der Waals surface area contributed by atoms with Crippen LogP contribution in [0.25, 0.3) is 0 Å². The first-order valence-electron chi connectivity index (χ1n) is 6.59. The van der Waals surface area contributed by atoms with Crippen LogP contribution in [0.5, 0.6) is 0 Å². The highest BCUT2D eigenvalue weighted by Gasteiger charge is 2.34. The monoisotopic (exact) mass is 277 g/mol. The number of carbonyl (C=O) groups excluding carboxylic acids is 1. The Bertz CT molecular complexity index is 456. The lowest BCUT2D eigenvalue weighted by atomic mass is 9.89. The Labute approximate surface area is 118 Å². The number of piperidine rings is 1. The van der Waals surface area contributed by atoms with E-state index in [4.69, 9.17) is 0 Å². The standard InChI is InChI=1S/C14H19N3OS/c1-12(18)17-8-5-14(11-15,6-9-17)16-7-4-13-3-2-10-19-13/h2-3,10,16H,4-9H2,1H3. The first-order chi connectivity index (χ1) is 9.15. The van der Waals surface area contributed by atoms with E-state index in [2.05, 4.69) is 22.8 Å². The highest BCUT2D eigenvalue weighted by molar-refractivity contribution is 7.09. The van der Waals surface area contributed by atoms with E-state index in [1.54, 1.807) is 18.3 Å². The summed E-state index contributed by atoms with van der Waals surface area (Å²) in [6, 6.07) is 6.57. The van der Waals surface area contributed by atoms with Gasteiger partial charge in [0.15, 0.2) is 0 Å². The van der Waals surface area contributed by atoms with Crippen molar-refractivity contribution in [2.75, 3.05) is 19.6 Å². The first kappa shape index (κ1) is 14.0. The van der Waals surface area contributed by atoms with E-state index in [-0.39, 0.29) is 5.91 Å². The van der Waals surface area contributed by atoms with Crippen molar-refractivity contribution in [1.29, 1.82) is 5.26 Å². The summed E-state index contributed by atoms with van der Waals surface area (Å²) in [5.74, 6) is 0.102. The molecule has 2 heterocycles. The van der Waals surface area contributed by atoms with Gasteiger partial charge in [0.2, 0.25) is 5.91 Å². The zero-order chi connectivity index (χ0) is 13.7. The Hall–Kier alpha value is -1.38. The van der Waals surface area contributed by atoms with Gasteiger partial charge >= 0.3 is 0 Å². The van der Waals surface area contributed by atoms with Crippen LogP contribution in [0.2, 0.25) is 0 Å². The summed E-state index contributed by atoms with van der Waals surface area (Å²) in [4.78, 5) is 14.4. The summed E-state index contributed by atoms with van der Waals surface area (Å²) in [5.41, 5.74) is -0.455. The molecule has 1 aromatic rings. The molecule has 0 atom stereocenters. The number of rotatable bonds is 4. The molecule has 1 saturated heterocycles. The Morgan fingerprint density at radius 2 is 2.32 bits per heavy atom. The molecule has 0 unspecified atom stereocenters. The minimum Gasteiger partial charge on any atom is -0.343 e. The molecule has 0 saturated carbocycles. The number of carbonyl (C=O) groups is 1. The van der Waals surface area contributed by atoms with Crippen LogP contribution in [0, 0.1) is 11.3 Å². The Kier molecular flexibility index (Phi) is 4.56. The smallest absolute Gasteiger partial charge is 0.219 e. The zero-order valence-electron chi connectivity index (χ0n) is 11.2. The van der Waals surface area contributed by atoms with Gasteiger partial charge in [-0.2, -0.15) is 5.26 Å². The maximum Gasteiger partial charge on any atom is 0.219 e. The second-order valence-electron chi connectivity index (χ2n) is 4.96. The van der Waals surface area contributed by atoms with Gasteiger partial charge in [-0.05, 0) is 30.7 Å². The topological polar surface area (TPSA) is 56.1 Å². The number of amides is 1. The molecule has 0 bridgehead atoms. The van der Waals surface area contributed by atoms with Gasteiger partial charge in [-0.15, -0.1) is 11.3 Å². The van der Waals surface area contributed by atoms with Crippen molar-refractivity contribution in [2.45, 2.75) is 31.7 Å². The molecule has 2 rings (SSSR count). The third kappa shape index (κ3) is 3.55. The number of likely N-dealkylation sites (tertiary alicyclic amines) is 1. The van der Waals surface area contributed by atoms with Crippen LogP contribution in [0.15, 0.2) is 17.5 Å². The first-order valence-corrected chi connectivity index (χ1v) is 7.47. The van der Waals surface area contributed by atoms with Crippen molar-refractivity contribution >= 4 is 17.2 Å². The van der Waals surface area contributed by atoms with E-state index in [1.165, 1.54) is 4.88 Å². The Morgan fingerprint density at radius 1 is 1.58 bits per heavy atom. The molecular formula is C14H19N3OS. The maximum atomic E-state index is 11.3. The quantitative estimate of drug-likeness (QED) is 0.913. The number of nitrogens with one attached hydrogen (secondary N) is 1. The molecule has 1 fully saturated rings. The van der Waals surface area contributed by atoms with Crippen LogP contribution in [0.3, 0.4) is 0 Å². The van der Waals surface area contributed by atoms with Crippen LogP contribution >= 0.6 is 11.3 Å². The summed E-state index contributed by atoms with van der Waals surface area (Å²) >= 11 is 1.74. The Morgan fingerprint density at radius 3 is 2.84 bits per heavy atom. The van der Waals surface area contributed by atoms with Crippen LogP contribution in [0.1, 0.15) is 24.6 Å². The van der Waals surface area contributed by atoms with Gasteiger partial charge in [-0.1, -0.05) is 6.07 Å². The third-order valence-electron chi connectivity index (χ3n) is 3.69. The summed E-state index contributed by atoms with van der Waals surface area (Å²) in [6.07, 6.45) is 2.39. The van der Waals surface area contributed by atoms with Gasteiger partial charge < -0.3 is 4.90 Å². The van der Waals surface area contributed by atoms with E-state index >= 15 is 0 Å². The molecule has 19 heavy (non-hydrogen) atoms. The van der Waals surface area contributed by atoms with Crippen LogP contribution in [-0.2, 0) is 11.2 Å². The summed E-state index contributed by atoms with van der Waals surface area (Å²) in [5, 5.41) is 14.9. The number of thiophene rings is 1. The van der Waals surface area contributed by atoms with E-state index < -0.39 is 5.54 Å². The van der Waals surface area contributed by atoms with Crippen molar-refractivity contribution in [1.82, 2.24) is 10.2 Å². The number of nitriles is 1. The van der Waals surface area contributed by atoms with Gasteiger partial charge in [0.25, 0.3) is 0 Å². The molecule has 0 spiro atoms. The van der Waals surface area contributed by atoms with Crippen molar-refractivity contribution in [2.24, 2.45) is 0 Å². The van der Waals surface area contributed by atoms with Crippen molar-refractivity contribution in [3.63, 3.8) is 0 Å². The van der Waals surface area contributed by atoms with Crippen LogP contribution < -0.4 is 5.32 Å². The lowest BCUT2D eigenvalue weighted by Gasteiger charge is -2.37. The van der Waals surface area contributed by atoms with E-state index in [0.717, 1.165) is 13.0 Å². The highest BCUT2D eigenvalue weighted by Crippen LogP contribution is 2.22. The summed E-state index contributed by atoms with van der Waals surface area (Å²) in [7, 11) is 0. The summed E-state index contributed by atoms with van der Waals surface area (Å²) < 4.78 is 0. The molecule has 1 N–H and O–H groups in total. The van der Waals surface area contributed by atoms with Gasteiger partial charge in [0, 0.05) is 31.4 Å². The van der Waals surface area contributed by atoms with Crippen molar-refractivity contribution in [3.8, 4) is 6.07 Å². The molecule has 0 radical (unpaired) electrons. The average Bonchev–Trinajstić information content (AvgIpc) is 2.92. The molecule has 1 amide bonds. The second kappa shape index (κ2) is 6.18. The predicted octanol–water partition coefficient (Wildman–Crippen LogP) is 1.78. The maximum absolute atomic E-state index is 11.3. The molecule has 1 aliphatic heterocycles. The van der Waals surface area contributed by atoms with E-state index in [1.807, 2.05) is 11.0 Å². The van der Waals surface area contributed by atoms with Gasteiger partial charge in [-0.25, -0.2) is 0 Å². The Balaban J connectivity index is 1.83. The highest BCUT2D eigenvalue weighted by atomic mass is 32.1. The van der Waals surface area contributed by atoms with Gasteiger partial charge in [-0.3, -0.25) is 10.1 Å². The van der Waals surface area contributed by atoms with Crippen LogP contribution in [0.4, 0.5) is 0 Å².